The first-order chi connectivity index (χ1) is 10.1. The number of aliphatic hydroxyl groups is 1. The molecule has 0 aliphatic carbocycles. The Bertz CT molecular complexity index is 671. The van der Waals surface area contributed by atoms with E-state index in [1.54, 1.807) is 0 Å². The van der Waals surface area contributed by atoms with Crippen molar-refractivity contribution in [1.29, 1.82) is 0 Å². The van der Waals surface area contributed by atoms with Crippen molar-refractivity contribution in [2.75, 3.05) is 0 Å². The molecule has 0 unspecified atom stereocenters. The van der Waals surface area contributed by atoms with E-state index in [0.29, 0.717) is 22.8 Å². The molecule has 1 aromatic rings. The molecule has 2 amide bonds. The highest BCUT2D eigenvalue weighted by molar-refractivity contribution is 9.15. The van der Waals surface area contributed by atoms with Crippen LogP contribution in [0.5, 0.6) is 0 Å². The third kappa shape index (κ3) is 2.58. The molecule has 0 radical (unpaired) electrons. The highest BCUT2D eigenvalue weighted by atomic mass is 79.9. The molecule has 1 heterocycles. The summed E-state index contributed by atoms with van der Waals surface area (Å²) < 4.78 is 1.59. The minimum absolute atomic E-state index is 0.0128. The number of carboxylic acids is 1. The molecule has 2 atom stereocenters. The van der Waals surface area contributed by atoms with Crippen molar-refractivity contribution >= 4 is 81.5 Å². The van der Waals surface area contributed by atoms with Crippen molar-refractivity contribution in [2.45, 2.75) is 19.1 Å². The molecule has 10 heteroatoms. The van der Waals surface area contributed by atoms with E-state index < -0.39 is 29.9 Å². The summed E-state index contributed by atoms with van der Waals surface area (Å²) in [5, 5.41) is 20.8. The van der Waals surface area contributed by atoms with Gasteiger partial charge in [-0.1, -0.05) is 0 Å². The van der Waals surface area contributed by atoms with Crippen LogP contribution in [0, 0.1) is 0 Å². The molecular weight excluding hydrogens is 558 g/mol. The standard InChI is InChI=1S/C12H7Br4NO5/c1-2(18)9(12(21)22)17-10(19)3-4(11(17)20)6(14)8(16)7(15)5(3)13/h2,9,18H,1H3,(H,21,22)/p-1/t2-,9-/m1/s1. The van der Waals surface area contributed by atoms with Gasteiger partial charge in [-0.2, -0.15) is 0 Å². The van der Waals surface area contributed by atoms with E-state index in [1.165, 1.54) is 6.92 Å². The number of imide groups is 1. The molecule has 0 saturated heterocycles. The number of halogens is 4. The Hall–Kier alpha value is -0.290. The summed E-state index contributed by atoms with van der Waals surface area (Å²) in [6.45, 7) is 1.17. The number of hydrogen-bond donors (Lipinski definition) is 1. The first-order valence-corrected chi connectivity index (χ1v) is 8.91. The second-order valence-electron chi connectivity index (χ2n) is 4.49. The van der Waals surface area contributed by atoms with Crippen molar-refractivity contribution in [2.24, 2.45) is 0 Å². The maximum atomic E-state index is 12.5. The average molecular weight is 564 g/mol. The molecule has 0 aromatic heterocycles. The fourth-order valence-corrected chi connectivity index (χ4v) is 4.59. The van der Waals surface area contributed by atoms with Crippen LogP contribution in [0.15, 0.2) is 17.9 Å². The molecule has 1 N–H and O–H groups in total. The molecule has 0 saturated carbocycles. The number of aliphatic hydroxyl groups excluding tert-OH is 1. The summed E-state index contributed by atoms with van der Waals surface area (Å²) in [5.41, 5.74) is 0.0256. The lowest BCUT2D eigenvalue weighted by Gasteiger charge is -2.29. The maximum Gasteiger partial charge on any atom is 0.263 e. The van der Waals surface area contributed by atoms with Crippen LogP contribution < -0.4 is 5.11 Å². The van der Waals surface area contributed by atoms with Crippen LogP contribution in [0.1, 0.15) is 27.6 Å². The number of fused-ring (bicyclic) bond motifs is 1. The largest absolute Gasteiger partial charge is 0.548 e. The van der Waals surface area contributed by atoms with Crippen LogP contribution in [-0.4, -0.2) is 39.9 Å². The predicted molar refractivity (Wildman–Crippen MR) is 88.2 cm³/mol. The molecule has 0 fully saturated rings. The Morgan fingerprint density at radius 3 is 1.64 bits per heavy atom. The molecule has 0 spiro atoms. The molecule has 1 aliphatic rings. The van der Waals surface area contributed by atoms with E-state index in [9.17, 15) is 24.6 Å². The van der Waals surface area contributed by atoms with Crippen LogP contribution in [0.4, 0.5) is 0 Å². The first-order valence-electron chi connectivity index (χ1n) is 5.74. The fraction of sp³-hybridized carbons (Fsp3) is 0.250. The van der Waals surface area contributed by atoms with E-state index in [1.807, 2.05) is 0 Å². The molecule has 22 heavy (non-hydrogen) atoms. The van der Waals surface area contributed by atoms with Gasteiger partial charge in [0.25, 0.3) is 11.8 Å². The van der Waals surface area contributed by atoms with Gasteiger partial charge in [0.15, 0.2) is 0 Å². The summed E-state index contributed by atoms with van der Waals surface area (Å²) >= 11 is 12.9. The predicted octanol–water partition coefficient (Wildman–Crippen LogP) is 1.83. The van der Waals surface area contributed by atoms with Crippen LogP contribution in [-0.2, 0) is 4.79 Å². The van der Waals surface area contributed by atoms with E-state index in [0.717, 1.165) is 0 Å². The van der Waals surface area contributed by atoms with E-state index in [4.69, 9.17) is 0 Å². The molecule has 0 bridgehead atoms. The van der Waals surface area contributed by atoms with Crippen LogP contribution >= 0.6 is 63.7 Å². The molecule has 1 aliphatic heterocycles. The van der Waals surface area contributed by atoms with Crippen molar-refractivity contribution < 1.29 is 24.6 Å². The van der Waals surface area contributed by atoms with Crippen molar-refractivity contribution in [3.05, 3.63) is 29.0 Å². The average Bonchev–Trinajstić information content (AvgIpc) is 2.67. The van der Waals surface area contributed by atoms with E-state index >= 15 is 0 Å². The quantitative estimate of drug-likeness (QED) is 0.344. The third-order valence-corrected chi connectivity index (χ3v) is 7.88. The highest BCUT2D eigenvalue weighted by Crippen LogP contribution is 2.45. The molecular formula is C12H6Br4NO5-. The normalized spacial score (nSPS) is 16.7. The first kappa shape index (κ1) is 18.1. The molecule has 6 nitrogen and oxygen atoms in total. The van der Waals surface area contributed by atoms with Gasteiger partial charge in [0.2, 0.25) is 0 Å². The van der Waals surface area contributed by atoms with Gasteiger partial charge in [0.05, 0.1) is 23.2 Å². The number of amides is 2. The SMILES string of the molecule is C[C@@H](O)[C@H](C(=O)[O-])N1C(=O)c2c(Br)c(Br)c(Br)c(Br)c2C1=O. The summed E-state index contributed by atoms with van der Waals surface area (Å²) in [6, 6.07) is -1.77. The lowest BCUT2D eigenvalue weighted by atomic mass is 10.1. The molecule has 1 aromatic carbocycles. The summed E-state index contributed by atoms with van der Waals surface area (Å²) in [4.78, 5) is 36.7. The zero-order chi connectivity index (χ0) is 16.9. The van der Waals surface area contributed by atoms with Crippen molar-refractivity contribution in [1.82, 2.24) is 4.90 Å². The van der Waals surface area contributed by atoms with E-state index in [2.05, 4.69) is 63.7 Å². The number of aliphatic carboxylic acids is 1. The van der Waals surface area contributed by atoms with Gasteiger partial charge >= 0.3 is 0 Å². The van der Waals surface area contributed by atoms with Crippen LogP contribution in [0.2, 0.25) is 0 Å². The zero-order valence-corrected chi connectivity index (χ0v) is 17.0. The zero-order valence-electron chi connectivity index (χ0n) is 10.7. The van der Waals surface area contributed by atoms with Gasteiger partial charge in [-0.25, -0.2) is 0 Å². The summed E-state index contributed by atoms with van der Waals surface area (Å²) in [7, 11) is 0. The monoisotopic (exact) mass is 560 g/mol. The Kier molecular flexibility index (Phi) is 5.18. The number of hydrogen-bond acceptors (Lipinski definition) is 5. The summed E-state index contributed by atoms with van der Waals surface area (Å²) in [6.07, 6.45) is -1.48. The smallest absolute Gasteiger partial charge is 0.263 e. The van der Waals surface area contributed by atoms with Gasteiger partial charge in [-0.05, 0) is 70.6 Å². The number of nitrogens with zero attached hydrogens (tertiary/aromatic N) is 1. The number of benzene rings is 1. The maximum absolute atomic E-state index is 12.5. The number of carbonyl (C=O) groups is 3. The van der Waals surface area contributed by atoms with E-state index in [-0.39, 0.29) is 11.1 Å². The molecule has 2 rings (SSSR count). The molecule has 118 valence electrons. The lowest BCUT2D eigenvalue weighted by Crippen LogP contribution is -2.55. The minimum atomic E-state index is -1.77. The topological polar surface area (TPSA) is 97.7 Å². The van der Waals surface area contributed by atoms with Crippen molar-refractivity contribution in [3.63, 3.8) is 0 Å². The summed E-state index contributed by atoms with van der Waals surface area (Å²) in [5.74, 6) is -3.36. The Morgan fingerprint density at radius 1 is 1.00 bits per heavy atom. The fourth-order valence-electron chi connectivity index (χ4n) is 2.14. The Morgan fingerprint density at radius 2 is 1.36 bits per heavy atom. The number of rotatable bonds is 3. The van der Waals surface area contributed by atoms with Gasteiger partial charge in [0.1, 0.15) is 6.04 Å². The van der Waals surface area contributed by atoms with Gasteiger partial charge in [-0.3, -0.25) is 14.5 Å². The minimum Gasteiger partial charge on any atom is -0.548 e. The van der Waals surface area contributed by atoms with Gasteiger partial charge in [0, 0.05) is 17.9 Å². The van der Waals surface area contributed by atoms with Gasteiger partial charge < -0.3 is 15.0 Å². The Balaban J connectivity index is 2.71. The Labute approximate surface area is 158 Å². The van der Waals surface area contributed by atoms with Gasteiger partial charge in [-0.15, -0.1) is 0 Å². The second kappa shape index (κ2) is 6.31. The number of carbonyl (C=O) groups excluding carboxylic acids is 3. The highest BCUT2D eigenvalue weighted by Gasteiger charge is 2.45. The van der Waals surface area contributed by atoms with Crippen LogP contribution in [0.3, 0.4) is 0 Å². The van der Waals surface area contributed by atoms with Crippen molar-refractivity contribution in [3.8, 4) is 0 Å². The lowest BCUT2D eigenvalue weighted by molar-refractivity contribution is -0.312. The third-order valence-electron chi connectivity index (χ3n) is 3.11. The second-order valence-corrected chi connectivity index (χ2v) is 7.66. The van der Waals surface area contributed by atoms with Crippen LogP contribution in [0.25, 0.3) is 0 Å². The number of carboxylic acid groups (broad SMARTS) is 1.